The van der Waals surface area contributed by atoms with Crippen molar-refractivity contribution in [2.75, 3.05) is 12.9 Å². The minimum absolute atomic E-state index is 0.783. The Morgan fingerprint density at radius 2 is 1.92 bits per heavy atom. The van der Waals surface area contributed by atoms with Crippen LogP contribution in [0.4, 0.5) is 0 Å². The third-order valence-corrected chi connectivity index (χ3v) is 2.38. The highest BCUT2D eigenvalue weighted by atomic mass is 32.2. The van der Waals surface area contributed by atoms with Gasteiger partial charge in [0, 0.05) is 5.75 Å². The maximum Gasteiger partial charge on any atom is 0.179 e. The summed E-state index contributed by atoms with van der Waals surface area (Å²) in [6.45, 7) is 2.12. The summed E-state index contributed by atoms with van der Waals surface area (Å²) in [7, 11) is 1.65. The first-order valence-corrected chi connectivity index (χ1v) is 5.22. The van der Waals surface area contributed by atoms with Crippen molar-refractivity contribution < 1.29 is 8.92 Å². The topological polar surface area (TPSA) is 18.5 Å². The molecule has 0 bridgehead atoms. The van der Waals surface area contributed by atoms with Crippen LogP contribution in [-0.4, -0.2) is 12.9 Å². The molecule has 0 N–H and O–H groups in total. The maximum atomic E-state index is 5.46. The van der Waals surface area contributed by atoms with Crippen molar-refractivity contribution in [1.82, 2.24) is 0 Å². The molecule has 1 aromatic carbocycles. The number of ether oxygens (including phenoxy) is 1. The van der Waals surface area contributed by atoms with Gasteiger partial charge in [-0.2, -0.15) is 0 Å². The lowest BCUT2D eigenvalue weighted by atomic mass is 10.3. The van der Waals surface area contributed by atoms with Gasteiger partial charge in [-0.3, -0.25) is 0 Å². The third kappa shape index (κ3) is 3.19. The van der Waals surface area contributed by atoms with Crippen molar-refractivity contribution in [1.29, 1.82) is 0 Å². The van der Waals surface area contributed by atoms with Gasteiger partial charge in [0.1, 0.15) is 0 Å². The van der Waals surface area contributed by atoms with Gasteiger partial charge in [-0.05, 0) is 18.6 Å². The third-order valence-electron chi connectivity index (χ3n) is 1.51. The van der Waals surface area contributed by atoms with E-state index in [0.717, 1.165) is 23.7 Å². The van der Waals surface area contributed by atoms with Crippen LogP contribution >= 0.6 is 12.0 Å². The first kappa shape index (κ1) is 10.3. The molecule has 3 heteroatoms. The molecule has 2 nitrogen and oxygen atoms in total. The Bertz CT molecular complexity index is 250. The summed E-state index contributed by atoms with van der Waals surface area (Å²) in [4.78, 5) is 0. The monoisotopic (exact) mass is 198 g/mol. The molecule has 13 heavy (non-hydrogen) atoms. The summed E-state index contributed by atoms with van der Waals surface area (Å²) >= 11 is 1.46. The highest BCUT2D eigenvalue weighted by Crippen LogP contribution is 2.28. The molecule has 0 heterocycles. The van der Waals surface area contributed by atoms with Crippen LogP contribution in [0.5, 0.6) is 11.5 Å². The van der Waals surface area contributed by atoms with E-state index in [1.165, 1.54) is 12.0 Å². The smallest absolute Gasteiger partial charge is 0.179 e. The molecule has 0 spiro atoms. The maximum absolute atomic E-state index is 5.46. The Kier molecular flexibility index (Phi) is 4.54. The fraction of sp³-hybridized carbons (Fsp3) is 0.400. The number of hydrogen-bond donors (Lipinski definition) is 0. The Balaban J connectivity index is 2.54. The molecule has 0 aliphatic rings. The Morgan fingerprint density at radius 3 is 2.54 bits per heavy atom. The summed E-state index contributed by atoms with van der Waals surface area (Å²) in [5.74, 6) is 2.58. The molecule has 0 saturated carbocycles. The highest BCUT2D eigenvalue weighted by Gasteiger charge is 2.01. The fourth-order valence-corrected chi connectivity index (χ4v) is 1.39. The van der Waals surface area contributed by atoms with Gasteiger partial charge in [-0.1, -0.05) is 19.1 Å². The van der Waals surface area contributed by atoms with Crippen LogP contribution in [0.25, 0.3) is 0 Å². The SMILES string of the molecule is CCCSOc1ccccc1OC. The average molecular weight is 198 g/mol. The van der Waals surface area contributed by atoms with Crippen LogP contribution in [0.2, 0.25) is 0 Å². The normalized spacial score (nSPS) is 9.69. The lowest BCUT2D eigenvalue weighted by molar-refractivity contribution is 0.399. The molecule has 0 amide bonds. The minimum atomic E-state index is 0.783. The Labute approximate surface area is 83.5 Å². The number of benzene rings is 1. The molecule has 0 aliphatic carbocycles. The summed E-state index contributed by atoms with van der Waals surface area (Å²) in [5, 5.41) is 0. The van der Waals surface area contributed by atoms with Gasteiger partial charge in [0.05, 0.1) is 19.2 Å². The zero-order valence-electron chi connectivity index (χ0n) is 7.95. The fourth-order valence-electron chi connectivity index (χ4n) is 0.876. The number of para-hydroxylation sites is 2. The lowest BCUT2D eigenvalue weighted by Crippen LogP contribution is -1.89. The molecule has 0 fully saturated rings. The number of methoxy groups -OCH3 is 1. The average Bonchev–Trinajstić information content (AvgIpc) is 2.19. The van der Waals surface area contributed by atoms with Crippen molar-refractivity contribution in [2.45, 2.75) is 13.3 Å². The molecule has 0 radical (unpaired) electrons. The van der Waals surface area contributed by atoms with Crippen molar-refractivity contribution in [3.63, 3.8) is 0 Å². The van der Waals surface area contributed by atoms with Gasteiger partial charge in [0.15, 0.2) is 11.5 Å². The summed E-state index contributed by atoms with van der Waals surface area (Å²) < 4.78 is 10.6. The van der Waals surface area contributed by atoms with E-state index in [9.17, 15) is 0 Å². The van der Waals surface area contributed by atoms with Crippen LogP contribution in [0.3, 0.4) is 0 Å². The van der Waals surface area contributed by atoms with E-state index in [0.29, 0.717) is 0 Å². The molecule has 72 valence electrons. The largest absolute Gasteiger partial charge is 0.493 e. The van der Waals surface area contributed by atoms with E-state index in [-0.39, 0.29) is 0 Å². The van der Waals surface area contributed by atoms with Gasteiger partial charge in [0.2, 0.25) is 0 Å². The Morgan fingerprint density at radius 1 is 1.23 bits per heavy atom. The van der Waals surface area contributed by atoms with E-state index in [2.05, 4.69) is 6.92 Å². The molecule has 1 aromatic rings. The summed E-state index contributed by atoms with van der Waals surface area (Å²) in [6, 6.07) is 7.66. The van der Waals surface area contributed by atoms with E-state index in [1.807, 2.05) is 24.3 Å². The quantitative estimate of drug-likeness (QED) is 0.535. The minimum Gasteiger partial charge on any atom is -0.493 e. The molecule has 0 saturated heterocycles. The second kappa shape index (κ2) is 5.75. The van der Waals surface area contributed by atoms with Crippen molar-refractivity contribution in [3.05, 3.63) is 24.3 Å². The molecular weight excluding hydrogens is 184 g/mol. The van der Waals surface area contributed by atoms with E-state index in [4.69, 9.17) is 8.92 Å². The summed E-state index contributed by atoms with van der Waals surface area (Å²) in [5.41, 5.74) is 0. The lowest BCUT2D eigenvalue weighted by Gasteiger charge is -2.07. The molecule has 1 rings (SSSR count). The van der Waals surface area contributed by atoms with Crippen molar-refractivity contribution in [2.24, 2.45) is 0 Å². The van der Waals surface area contributed by atoms with Gasteiger partial charge in [0.25, 0.3) is 0 Å². The zero-order valence-corrected chi connectivity index (χ0v) is 8.76. The van der Waals surface area contributed by atoms with Gasteiger partial charge < -0.3 is 8.92 Å². The van der Waals surface area contributed by atoms with Gasteiger partial charge in [-0.25, -0.2) is 0 Å². The van der Waals surface area contributed by atoms with Crippen molar-refractivity contribution >= 4 is 12.0 Å². The molecule has 0 aliphatic heterocycles. The van der Waals surface area contributed by atoms with Crippen LogP contribution < -0.4 is 8.92 Å². The van der Waals surface area contributed by atoms with Gasteiger partial charge in [-0.15, -0.1) is 0 Å². The van der Waals surface area contributed by atoms with Gasteiger partial charge >= 0.3 is 0 Å². The van der Waals surface area contributed by atoms with Crippen LogP contribution in [0, 0.1) is 0 Å². The Hall–Kier alpha value is -0.830. The zero-order chi connectivity index (χ0) is 9.52. The van der Waals surface area contributed by atoms with E-state index in [1.54, 1.807) is 7.11 Å². The predicted molar refractivity (Wildman–Crippen MR) is 56.4 cm³/mol. The first-order chi connectivity index (χ1) is 6.38. The standard InChI is InChI=1S/C10H14O2S/c1-3-8-13-12-10-7-5-4-6-9(10)11-2/h4-7H,3,8H2,1-2H3. The predicted octanol–water partition coefficient (Wildman–Crippen LogP) is 3.13. The molecule has 0 atom stereocenters. The van der Waals surface area contributed by atoms with E-state index < -0.39 is 0 Å². The molecule has 0 unspecified atom stereocenters. The first-order valence-electron chi connectivity index (χ1n) is 4.31. The van der Waals surface area contributed by atoms with Crippen LogP contribution in [0.1, 0.15) is 13.3 Å². The second-order valence-electron chi connectivity index (χ2n) is 2.56. The second-order valence-corrected chi connectivity index (χ2v) is 3.37. The molecule has 0 aromatic heterocycles. The van der Waals surface area contributed by atoms with Crippen LogP contribution in [0.15, 0.2) is 24.3 Å². The molecular formula is C10H14O2S. The summed E-state index contributed by atoms with van der Waals surface area (Å²) in [6.07, 6.45) is 1.11. The number of rotatable bonds is 5. The highest BCUT2D eigenvalue weighted by molar-refractivity contribution is 7.95. The van der Waals surface area contributed by atoms with Crippen molar-refractivity contribution in [3.8, 4) is 11.5 Å². The van der Waals surface area contributed by atoms with Crippen LogP contribution in [-0.2, 0) is 0 Å². The van der Waals surface area contributed by atoms with E-state index >= 15 is 0 Å². The number of hydrogen-bond acceptors (Lipinski definition) is 3.